The normalized spacial score (nSPS) is 11.9. The summed E-state index contributed by atoms with van der Waals surface area (Å²) in [7, 11) is 0. The topological polar surface area (TPSA) is 73.6 Å². The van der Waals surface area contributed by atoms with E-state index in [9.17, 15) is 9.59 Å². The Morgan fingerprint density at radius 2 is 1.63 bits per heavy atom. The number of benzene rings is 4. The highest BCUT2D eigenvalue weighted by Gasteiger charge is 2.17. The van der Waals surface area contributed by atoms with Crippen molar-refractivity contribution in [3.05, 3.63) is 107 Å². The van der Waals surface area contributed by atoms with Gasteiger partial charge >= 0.3 is 5.97 Å². The Morgan fingerprint density at radius 3 is 2.45 bits per heavy atom. The van der Waals surface area contributed by atoms with Gasteiger partial charge in [-0.1, -0.05) is 90.2 Å². The number of hydrogen-bond donors (Lipinski definition) is 0. The number of nitrogens with zero attached hydrogens (tertiary/aromatic N) is 3. The Kier molecular flexibility index (Phi) is 6.27. The molecule has 0 fully saturated rings. The van der Waals surface area contributed by atoms with Crippen LogP contribution in [0.2, 0.25) is 0 Å². The quantitative estimate of drug-likeness (QED) is 0.249. The zero-order valence-electron chi connectivity index (χ0n) is 20.6. The third-order valence-corrected chi connectivity index (χ3v) is 7.51. The summed E-state index contributed by atoms with van der Waals surface area (Å²) in [6, 6.07) is 31.1. The van der Waals surface area contributed by atoms with Crippen LogP contribution in [-0.2, 0) is 16.1 Å². The molecule has 0 bridgehead atoms. The Bertz CT molecular complexity index is 1910. The van der Waals surface area contributed by atoms with E-state index in [4.69, 9.17) is 9.72 Å². The van der Waals surface area contributed by atoms with Crippen molar-refractivity contribution < 1.29 is 14.3 Å². The van der Waals surface area contributed by atoms with Crippen LogP contribution in [-0.4, -0.2) is 28.0 Å². The highest BCUT2D eigenvalue weighted by molar-refractivity contribution is 7.17. The second kappa shape index (κ2) is 10.0. The minimum Gasteiger partial charge on any atom is -0.465 e. The van der Waals surface area contributed by atoms with Crippen molar-refractivity contribution in [2.75, 3.05) is 6.61 Å². The fourth-order valence-electron chi connectivity index (χ4n) is 4.63. The van der Waals surface area contributed by atoms with Gasteiger partial charge in [0.15, 0.2) is 4.80 Å². The van der Waals surface area contributed by atoms with E-state index in [0.717, 1.165) is 31.9 Å². The molecule has 6 aromatic rings. The maximum Gasteiger partial charge on any atom is 0.326 e. The Balaban J connectivity index is 1.56. The van der Waals surface area contributed by atoms with Crippen LogP contribution in [0.25, 0.3) is 43.1 Å². The van der Waals surface area contributed by atoms with Gasteiger partial charge in [-0.15, -0.1) is 0 Å². The summed E-state index contributed by atoms with van der Waals surface area (Å²) < 4.78 is 7.96. The number of thiazole rings is 1. The predicted molar refractivity (Wildman–Crippen MR) is 151 cm³/mol. The molecule has 0 saturated carbocycles. The number of fused-ring (bicyclic) bond motifs is 4. The van der Waals surface area contributed by atoms with Crippen molar-refractivity contribution in [2.24, 2.45) is 4.99 Å². The van der Waals surface area contributed by atoms with Crippen LogP contribution < -0.4 is 4.80 Å². The van der Waals surface area contributed by atoms with Crippen molar-refractivity contribution in [3.8, 4) is 11.3 Å². The minimum atomic E-state index is -0.394. The smallest absolute Gasteiger partial charge is 0.326 e. The molecular weight excluding hydrogens is 494 g/mol. The number of rotatable bonds is 5. The van der Waals surface area contributed by atoms with Gasteiger partial charge in [0, 0.05) is 16.3 Å². The molecule has 38 heavy (non-hydrogen) atoms. The summed E-state index contributed by atoms with van der Waals surface area (Å²) in [6.07, 6.45) is 0. The number of pyridine rings is 1. The molecule has 0 atom stereocenters. The van der Waals surface area contributed by atoms with Crippen LogP contribution in [0.15, 0.2) is 102 Å². The number of hydrogen-bond acceptors (Lipinski definition) is 5. The maximum absolute atomic E-state index is 13.8. The van der Waals surface area contributed by atoms with E-state index in [-0.39, 0.29) is 19.1 Å². The first-order valence-corrected chi connectivity index (χ1v) is 13.1. The zero-order valence-corrected chi connectivity index (χ0v) is 21.4. The van der Waals surface area contributed by atoms with E-state index >= 15 is 0 Å². The second-order valence-corrected chi connectivity index (χ2v) is 9.74. The molecule has 0 spiro atoms. The molecule has 186 valence electrons. The highest BCUT2D eigenvalue weighted by Crippen LogP contribution is 2.29. The fourth-order valence-corrected chi connectivity index (χ4v) is 5.79. The molecular formula is C31H23N3O3S. The van der Waals surface area contributed by atoms with Crippen molar-refractivity contribution in [1.29, 1.82) is 0 Å². The van der Waals surface area contributed by atoms with Gasteiger partial charge in [0.1, 0.15) is 6.54 Å². The zero-order chi connectivity index (χ0) is 26.1. The Hall–Kier alpha value is -4.62. The summed E-state index contributed by atoms with van der Waals surface area (Å²) in [4.78, 5) is 36.1. The van der Waals surface area contributed by atoms with Gasteiger partial charge in [-0.2, -0.15) is 4.99 Å². The first-order valence-electron chi connectivity index (χ1n) is 12.3. The molecule has 0 aliphatic heterocycles. The van der Waals surface area contributed by atoms with E-state index in [0.29, 0.717) is 21.6 Å². The lowest BCUT2D eigenvalue weighted by Crippen LogP contribution is -2.23. The molecule has 0 radical (unpaired) electrons. The number of esters is 1. The van der Waals surface area contributed by atoms with E-state index in [1.807, 2.05) is 91.0 Å². The number of amides is 1. The van der Waals surface area contributed by atoms with E-state index < -0.39 is 5.91 Å². The van der Waals surface area contributed by atoms with E-state index in [2.05, 4.69) is 4.99 Å². The van der Waals surface area contributed by atoms with Crippen molar-refractivity contribution in [2.45, 2.75) is 13.5 Å². The van der Waals surface area contributed by atoms with Gasteiger partial charge in [-0.25, -0.2) is 4.98 Å². The van der Waals surface area contributed by atoms with Crippen LogP contribution in [0.5, 0.6) is 0 Å². The molecule has 6 rings (SSSR count). The molecule has 0 aliphatic rings. The van der Waals surface area contributed by atoms with Gasteiger partial charge < -0.3 is 9.30 Å². The molecule has 1 amide bonds. The van der Waals surface area contributed by atoms with Crippen LogP contribution in [0, 0.1) is 0 Å². The molecule has 6 nitrogen and oxygen atoms in total. The fraction of sp³-hybridized carbons (Fsp3) is 0.0968. The van der Waals surface area contributed by atoms with Gasteiger partial charge in [0.25, 0.3) is 5.91 Å². The summed E-state index contributed by atoms with van der Waals surface area (Å²) in [5.74, 6) is -0.774. The lowest BCUT2D eigenvalue weighted by atomic mass is 10.0. The molecule has 2 heterocycles. The third kappa shape index (κ3) is 4.37. The van der Waals surface area contributed by atoms with Gasteiger partial charge in [0.05, 0.1) is 33.6 Å². The Labute approximate surface area is 222 Å². The summed E-state index contributed by atoms with van der Waals surface area (Å²) >= 11 is 1.39. The molecule has 0 N–H and O–H groups in total. The van der Waals surface area contributed by atoms with Crippen LogP contribution >= 0.6 is 11.3 Å². The number of carbonyl (C=O) groups excluding carboxylic acids is 2. The van der Waals surface area contributed by atoms with E-state index in [1.165, 1.54) is 11.3 Å². The van der Waals surface area contributed by atoms with Crippen LogP contribution in [0.3, 0.4) is 0 Å². The molecule has 2 aromatic heterocycles. The van der Waals surface area contributed by atoms with Crippen molar-refractivity contribution in [3.63, 3.8) is 0 Å². The largest absolute Gasteiger partial charge is 0.465 e. The lowest BCUT2D eigenvalue weighted by molar-refractivity contribution is -0.143. The predicted octanol–water partition coefficient (Wildman–Crippen LogP) is 6.38. The average Bonchev–Trinajstić information content (AvgIpc) is 3.29. The second-order valence-electron chi connectivity index (χ2n) is 8.77. The van der Waals surface area contributed by atoms with Gasteiger partial charge in [-0.3, -0.25) is 9.59 Å². The maximum atomic E-state index is 13.8. The number of para-hydroxylation sites is 1. The number of aromatic nitrogens is 2. The average molecular weight is 518 g/mol. The summed E-state index contributed by atoms with van der Waals surface area (Å²) in [5.41, 5.74) is 3.62. The van der Waals surface area contributed by atoms with Crippen molar-refractivity contribution in [1.82, 2.24) is 9.55 Å². The van der Waals surface area contributed by atoms with E-state index in [1.54, 1.807) is 17.6 Å². The molecule has 0 unspecified atom stereocenters. The summed E-state index contributed by atoms with van der Waals surface area (Å²) in [5, 5.41) is 2.85. The lowest BCUT2D eigenvalue weighted by Gasteiger charge is -2.08. The SMILES string of the molecule is CCOC(=O)Cn1c(=NC(=O)c2cc(-c3ccccc3)nc3ccccc23)sc2c3ccccc3ccc21. The monoisotopic (exact) mass is 517 g/mol. The number of carbonyl (C=O) groups is 2. The first-order chi connectivity index (χ1) is 18.6. The highest BCUT2D eigenvalue weighted by atomic mass is 32.1. The minimum absolute atomic E-state index is 0.0371. The van der Waals surface area contributed by atoms with Crippen LogP contribution in [0.4, 0.5) is 0 Å². The first kappa shape index (κ1) is 23.8. The summed E-state index contributed by atoms with van der Waals surface area (Å²) in [6.45, 7) is 2.02. The molecule has 7 heteroatoms. The molecule has 0 saturated heterocycles. The van der Waals surface area contributed by atoms with Crippen molar-refractivity contribution >= 4 is 55.1 Å². The molecule has 0 aliphatic carbocycles. The Morgan fingerprint density at radius 1 is 0.895 bits per heavy atom. The van der Waals surface area contributed by atoms with Gasteiger partial charge in [0.2, 0.25) is 0 Å². The standard InChI is InChI=1S/C31H23N3O3S/c1-2-37-28(35)19-34-27-17-16-20-10-6-7-13-22(20)29(27)38-31(34)33-30(36)24-18-26(21-11-4-3-5-12-21)32-25-15-9-8-14-23(24)25/h3-18H,2,19H2,1H3. The van der Waals surface area contributed by atoms with Gasteiger partial charge in [-0.05, 0) is 30.5 Å². The van der Waals surface area contributed by atoms with Crippen LogP contribution in [0.1, 0.15) is 17.3 Å². The molecule has 4 aromatic carbocycles. The number of ether oxygens (including phenoxy) is 1. The third-order valence-electron chi connectivity index (χ3n) is 6.38.